The number of hydrogen-bond acceptors (Lipinski definition) is 4. The molecule has 0 aliphatic heterocycles. The SMILES string of the molecule is COC(=O)c1cccc(C#Cc2ccccc2)c1-c1cnc2ncccc2c1. The smallest absolute Gasteiger partial charge is 0.338 e. The molecule has 4 heteroatoms. The molecule has 0 unspecified atom stereocenters. The van der Waals surface area contributed by atoms with E-state index in [9.17, 15) is 4.79 Å². The predicted octanol–water partition coefficient (Wildman–Crippen LogP) is 4.48. The maximum atomic E-state index is 12.4. The number of aromatic nitrogens is 2. The number of ether oxygens (including phenoxy) is 1. The van der Waals surface area contributed by atoms with Crippen LogP contribution in [0.25, 0.3) is 22.2 Å². The van der Waals surface area contributed by atoms with Crippen LogP contribution in [0, 0.1) is 11.8 Å². The second-order valence-corrected chi connectivity index (χ2v) is 6.11. The summed E-state index contributed by atoms with van der Waals surface area (Å²) in [5.74, 6) is 5.94. The van der Waals surface area contributed by atoms with Crippen molar-refractivity contribution in [2.75, 3.05) is 7.11 Å². The molecule has 2 aromatic heterocycles. The summed E-state index contributed by atoms with van der Waals surface area (Å²) in [6.45, 7) is 0. The first kappa shape index (κ1) is 17.4. The summed E-state index contributed by atoms with van der Waals surface area (Å²) in [5, 5.41) is 0.890. The Hall–Kier alpha value is -3.97. The van der Waals surface area contributed by atoms with Gasteiger partial charge in [0.25, 0.3) is 0 Å². The van der Waals surface area contributed by atoms with Crippen molar-refractivity contribution in [2.45, 2.75) is 0 Å². The topological polar surface area (TPSA) is 52.1 Å². The van der Waals surface area contributed by atoms with Crippen LogP contribution in [-0.2, 0) is 4.74 Å². The Kier molecular flexibility index (Phi) is 4.81. The quantitative estimate of drug-likeness (QED) is 0.389. The van der Waals surface area contributed by atoms with Crippen LogP contribution < -0.4 is 0 Å². The van der Waals surface area contributed by atoms with E-state index >= 15 is 0 Å². The minimum atomic E-state index is -0.412. The number of esters is 1. The van der Waals surface area contributed by atoms with E-state index in [1.54, 1.807) is 24.5 Å². The van der Waals surface area contributed by atoms with Crippen LogP contribution in [0.2, 0.25) is 0 Å². The summed E-state index contributed by atoms with van der Waals surface area (Å²) in [7, 11) is 1.37. The summed E-state index contributed by atoms with van der Waals surface area (Å²) in [5.41, 5.74) is 4.23. The van der Waals surface area contributed by atoms with Crippen LogP contribution in [-0.4, -0.2) is 23.0 Å². The summed E-state index contributed by atoms with van der Waals surface area (Å²) in [6.07, 6.45) is 3.42. The molecule has 0 fully saturated rings. The number of methoxy groups -OCH3 is 1. The first-order chi connectivity index (χ1) is 13.8. The zero-order valence-corrected chi connectivity index (χ0v) is 15.2. The largest absolute Gasteiger partial charge is 0.465 e. The van der Waals surface area contributed by atoms with E-state index in [0.29, 0.717) is 16.8 Å². The Morgan fingerprint density at radius 3 is 2.61 bits per heavy atom. The van der Waals surface area contributed by atoms with Gasteiger partial charge in [0.05, 0.1) is 12.7 Å². The average molecular weight is 364 g/mol. The molecule has 4 nitrogen and oxygen atoms in total. The lowest BCUT2D eigenvalue weighted by molar-refractivity contribution is 0.0601. The highest BCUT2D eigenvalue weighted by molar-refractivity contribution is 5.99. The summed E-state index contributed by atoms with van der Waals surface area (Å²) in [6, 6.07) is 20.9. The highest BCUT2D eigenvalue weighted by Crippen LogP contribution is 2.29. The molecule has 4 rings (SSSR count). The minimum absolute atomic E-state index is 0.412. The third-order valence-electron chi connectivity index (χ3n) is 4.33. The van der Waals surface area contributed by atoms with Crippen molar-refractivity contribution in [3.8, 4) is 23.0 Å². The zero-order chi connectivity index (χ0) is 19.3. The van der Waals surface area contributed by atoms with E-state index in [1.807, 2.05) is 54.6 Å². The van der Waals surface area contributed by atoms with Crippen LogP contribution in [0.5, 0.6) is 0 Å². The van der Waals surface area contributed by atoms with E-state index in [1.165, 1.54) is 7.11 Å². The van der Waals surface area contributed by atoms with Crippen molar-refractivity contribution in [1.29, 1.82) is 0 Å². The molecule has 0 aliphatic carbocycles. The molecular weight excluding hydrogens is 348 g/mol. The molecule has 0 amide bonds. The molecule has 0 saturated carbocycles. The van der Waals surface area contributed by atoms with E-state index in [2.05, 4.69) is 21.8 Å². The number of benzene rings is 2. The van der Waals surface area contributed by atoms with Gasteiger partial charge >= 0.3 is 5.97 Å². The Balaban J connectivity index is 1.92. The first-order valence-corrected chi connectivity index (χ1v) is 8.76. The van der Waals surface area contributed by atoms with Crippen molar-refractivity contribution in [3.63, 3.8) is 0 Å². The van der Waals surface area contributed by atoms with Gasteiger partial charge in [0.2, 0.25) is 0 Å². The number of fused-ring (bicyclic) bond motifs is 1. The summed E-state index contributed by atoms with van der Waals surface area (Å²) in [4.78, 5) is 21.1. The maximum absolute atomic E-state index is 12.4. The van der Waals surface area contributed by atoms with Gasteiger partial charge in [-0.15, -0.1) is 0 Å². The summed E-state index contributed by atoms with van der Waals surface area (Å²) >= 11 is 0. The van der Waals surface area contributed by atoms with Crippen LogP contribution in [0.3, 0.4) is 0 Å². The number of hydrogen-bond donors (Lipinski definition) is 0. The number of nitrogens with zero attached hydrogens (tertiary/aromatic N) is 2. The zero-order valence-electron chi connectivity index (χ0n) is 15.2. The lowest BCUT2D eigenvalue weighted by Gasteiger charge is -2.11. The highest BCUT2D eigenvalue weighted by atomic mass is 16.5. The van der Waals surface area contributed by atoms with Gasteiger partial charge in [0.15, 0.2) is 5.65 Å². The van der Waals surface area contributed by atoms with Crippen molar-refractivity contribution in [2.24, 2.45) is 0 Å². The van der Waals surface area contributed by atoms with Crippen LogP contribution in [0.4, 0.5) is 0 Å². The molecule has 0 aliphatic rings. The molecular formula is C24H16N2O2. The monoisotopic (exact) mass is 364 g/mol. The summed E-state index contributed by atoms with van der Waals surface area (Å²) < 4.78 is 4.98. The average Bonchev–Trinajstić information content (AvgIpc) is 2.77. The van der Waals surface area contributed by atoms with Gasteiger partial charge in [-0.25, -0.2) is 14.8 Å². The van der Waals surface area contributed by atoms with Crippen molar-refractivity contribution >= 4 is 17.0 Å². The van der Waals surface area contributed by atoms with E-state index in [0.717, 1.165) is 22.1 Å². The fraction of sp³-hybridized carbons (Fsp3) is 0.0417. The van der Waals surface area contributed by atoms with Crippen molar-refractivity contribution in [1.82, 2.24) is 9.97 Å². The first-order valence-electron chi connectivity index (χ1n) is 8.76. The predicted molar refractivity (Wildman–Crippen MR) is 109 cm³/mol. The van der Waals surface area contributed by atoms with Crippen LogP contribution >= 0.6 is 0 Å². The number of carbonyl (C=O) groups excluding carboxylic acids is 1. The van der Waals surface area contributed by atoms with E-state index in [-0.39, 0.29) is 0 Å². The minimum Gasteiger partial charge on any atom is -0.465 e. The third kappa shape index (κ3) is 3.46. The maximum Gasteiger partial charge on any atom is 0.338 e. The Morgan fingerprint density at radius 1 is 0.929 bits per heavy atom. The van der Waals surface area contributed by atoms with Gasteiger partial charge in [0, 0.05) is 40.0 Å². The van der Waals surface area contributed by atoms with Crippen molar-refractivity contribution < 1.29 is 9.53 Å². The molecule has 28 heavy (non-hydrogen) atoms. The van der Waals surface area contributed by atoms with E-state index < -0.39 is 5.97 Å². The Bertz CT molecular complexity index is 1220. The standard InChI is InChI=1S/C24H16N2O2/c1-28-24(27)21-11-5-9-18(13-12-17-7-3-2-4-8-17)22(21)20-15-19-10-6-14-25-23(19)26-16-20/h2-11,14-16H,1H3. The molecule has 0 atom stereocenters. The van der Waals surface area contributed by atoms with Crippen LogP contribution in [0.1, 0.15) is 21.5 Å². The second-order valence-electron chi connectivity index (χ2n) is 6.11. The molecule has 0 radical (unpaired) electrons. The normalized spacial score (nSPS) is 10.2. The lowest BCUT2D eigenvalue weighted by Crippen LogP contribution is -2.05. The molecule has 2 heterocycles. The van der Waals surface area contributed by atoms with Gasteiger partial charge in [-0.2, -0.15) is 0 Å². The molecule has 0 bridgehead atoms. The Labute approximate surface area is 162 Å². The van der Waals surface area contributed by atoms with Gasteiger partial charge in [-0.05, 0) is 42.5 Å². The van der Waals surface area contributed by atoms with Gasteiger partial charge in [-0.1, -0.05) is 36.1 Å². The number of pyridine rings is 2. The molecule has 0 N–H and O–H groups in total. The van der Waals surface area contributed by atoms with Gasteiger partial charge in [0.1, 0.15) is 0 Å². The molecule has 2 aromatic carbocycles. The molecule has 0 spiro atoms. The molecule has 134 valence electrons. The second kappa shape index (κ2) is 7.73. The Morgan fingerprint density at radius 2 is 1.79 bits per heavy atom. The van der Waals surface area contributed by atoms with Crippen LogP contribution in [0.15, 0.2) is 79.1 Å². The third-order valence-corrected chi connectivity index (χ3v) is 4.33. The lowest BCUT2D eigenvalue weighted by atomic mass is 9.94. The molecule has 0 saturated heterocycles. The number of carbonyl (C=O) groups is 1. The van der Waals surface area contributed by atoms with Gasteiger partial charge < -0.3 is 4.74 Å². The number of rotatable bonds is 2. The van der Waals surface area contributed by atoms with Crippen molar-refractivity contribution in [3.05, 3.63) is 95.8 Å². The highest BCUT2D eigenvalue weighted by Gasteiger charge is 2.17. The fourth-order valence-corrected chi connectivity index (χ4v) is 3.01. The molecule has 4 aromatic rings. The van der Waals surface area contributed by atoms with E-state index in [4.69, 9.17) is 4.74 Å². The van der Waals surface area contributed by atoms with Gasteiger partial charge in [-0.3, -0.25) is 0 Å². The fourth-order valence-electron chi connectivity index (χ4n) is 3.01.